The number of aromatic carboxylic acids is 1. The Hall–Kier alpha value is -2.09. The van der Waals surface area contributed by atoms with Crippen molar-refractivity contribution in [3.63, 3.8) is 0 Å². The number of ether oxygens (including phenoxy) is 1. The molecule has 1 fully saturated rings. The molecule has 1 aromatic heterocycles. The molecule has 7 nitrogen and oxygen atoms in total. The molecule has 1 unspecified atom stereocenters. The van der Waals surface area contributed by atoms with Gasteiger partial charge in [-0.25, -0.2) is 9.78 Å². The third kappa shape index (κ3) is 3.85. The van der Waals surface area contributed by atoms with Crippen LogP contribution in [0, 0.1) is 6.92 Å². The molecule has 0 bridgehead atoms. The van der Waals surface area contributed by atoms with Crippen LogP contribution >= 0.6 is 23.2 Å². The molecule has 1 atom stereocenters. The fraction of sp³-hybridized carbons (Fsp3) is 0.353. The summed E-state index contributed by atoms with van der Waals surface area (Å²) < 4.78 is 5.71. The maximum Gasteiger partial charge on any atom is 0.337 e. The Kier molecular flexibility index (Phi) is 5.50. The highest BCUT2D eigenvalue weighted by atomic mass is 35.5. The summed E-state index contributed by atoms with van der Waals surface area (Å²) in [6, 6.07) is 4.51. The van der Waals surface area contributed by atoms with E-state index in [0.29, 0.717) is 36.2 Å². The Morgan fingerprint density at radius 3 is 2.77 bits per heavy atom. The summed E-state index contributed by atoms with van der Waals surface area (Å²) in [5.74, 6) is -0.272. The SMILES string of the molecule is Cc1cc(N2CCCOCC2c2cc(Cl)c(C(=O)O)cc2Cl)nc(N)n1. The Bertz CT molecular complexity index is 827. The van der Waals surface area contributed by atoms with Crippen molar-refractivity contribution in [1.29, 1.82) is 0 Å². The van der Waals surface area contributed by atoms with Gasteiger partial charge in [0.25, 0.3) is 0 Å². The summed E-state index contributed by atoms with van der Waals surface area (Å²) in [6.45, 7) is 3.49. The normalized spacial score (nSPS) is 17.8. The zero-order valence-corrected chi connectivity index (χ0v) is 15.6. The zero-order valence-electron chi connectivity index (χ0n) is 14.1. The van der Waals surface area contributed by atoms with Crippen LogP contribution in [0.2, 0.25) is 10.0 Å². The van der Waals surface area contributed by atoms with Crippen molar-refractivity contribution in [2.24, 2.45) is 0 Å². The lowest BCUT2D eigenvalue weighted by atomic mass is 10.0. The predicted octanol–water partition coefficient (Wildman–Crippen LogP) is 3.34. The van der Waals surface area contributed by atoms with Crippen LogP contribution in [-0.2, 0) is 4.74 Å². The number of rotatable bonds is 3. The van der Waals surface area contributed by atoms with Crippen LogP contribution in [0.15, 0.2) is 18.2 Å². The van der Waals surface area contributed by atoms with Crippen LogP contribution in [-0.4, -0.2) is 40.8 Å². The third-order valence-corrected chi connectivity index (χ3v) is 4.81. The Morgan fingerprint density at radius 2 is 2.08 bits per heavy atom. The first-order valence-corrected chi connectivity index (χ1v) is 8.80. The summed E-state index contributed by atoms with van der Waals surface area (Å²) in [7, 11) is 0. The Labute approximate surface area is 160 Å². The van der Waals surface area contributed by atoms with Gasteiger partial charge in [-0.1, -0.05) is 23.2 Å². The van der Waals surface area contributed by atoms with E-state index in [2.05, 4.69) is 9.97 Å². The molecule has 3 rings (SSSR count). The maximum absolute atomic E-state index is 11.3. The minimum atomic E-state index is -1.13. The van der Waals surface area contributed by atoms with Gasteiger partial charge in [0, 0.05) is 29.9 Å². The maximum atomic E-state index is 11.3. The van der Waals surface area contributed by atoms with Crippen LogP contribution in [0.3, 0.4) is 0 Å². The van der Waals surface area contributed by atoms with E-state index >= 15 is 0 Å². The highest BCUT2D eigenvalue weighted by molar-refractivity contribution is 6.36. The van der Waals surface area contributed by atoms with Crippen molar-refractivity contribution in [1.82, 2.24) is 9.97 Å². The molecule has 2 aromatic rings. The molecule has 26 heavy (non-hydrogen) atoms. The van der Waals surface area contributed by atoms with Crippen molar-refractivity contribution >= 4 is 40.9 Å². The second-order valence-corrected chi connectivity index (χ2v) is 6.84. The first-order chi connectivity index (χ1) is 12.4. The van der Waals surface area contributed by atoms with E-state index in [-0.39, 0.29) is 22.6 Å². The highest BCUT2D eigenvalue weighted by Gasteiger charge is 2.28. The molecule has 1 aliphatic rings. The quantitative estimate of drug-likeness (QED) is 0.819. The number of hydrogen-bond acceptors (Lipinski definition) is 6. The fourth-order valence-electron chi connectivity index (χ4n) is 3.01. The smallest absolute Gasteiger partial charge is 0.337 e. The average molecular weight is 397 g/mol. The molecule has 138 valence electrons. The molecule has 3 N–H and O–H groups in total. The van der Waals surface area contributed by atoms with Gasteiger partial charge in [-0.3, -0.25) is 0 Å². The lowest BCUT2D eigenvalue weighted by Crippen LogP contribution is -2.32. The number of hydrogen-bond donors (Lipinski definition) is 2. The molecular weight excluding hydrogens is 379 g/mol. The van der Waals surface area contributed by atoms with Gasteiger partial charge in [0.15, 0.2) is 0 Å². The summed E-state index contributed by atoms with van der Waals surface area (Å²) in [5.41, 5.74) is 7.20. The first-order valence-electron chi connectivity index (χ1n) is 8.04. The van der Waals surface area contributed by atoms with Gasteiger partial charge >= 0.3 is 5.97 Å². The van der Waals surface area contributed by atoms with Gasteiger partial charge in [0.05, 0.1) is 23.2 Å². The molecule has 1 aromatic carbocycles. The molecule has 0 aliphatic carbocycles. The molecule has 2 heterocycles. The van der Waals surface area contributed by atoms with Crippen LogP contribution in [0.5, 0.6) is 0 Å². The Morgan fingerprint density at radius 1 is 1.31 bits per heavy atom. The number of carbonyl (C=O) groups is 1. The topological polar surface area (TPSA) is 102 Å². The molecule has 9 heteroatoms. The number of halogens is 2. The molecule has 0 radical (unpaired) electrons. The van der Waals surface area contributed by atoms with Crippen LogP contribution in [0.4, 0.5) is 11.8 Å². The van der Waals surface area contributed by atoms with Gasteiger partial charge in [-0.2, -0.15) is 4.98 Å². The van der Waals surface area contributed by atoms with Gasteiger partial charge in [-0.15, -0.1) is 0 Å². The number of carboxylic acids is 1. The summed E-state index contributed by atoms with van der Waals surface area (Å²) in [6.07, 6.45) is 0.804. The predicted molar refractivity (Wildman–Crippen MR) is 100 cm³/mol. The number of carboxylic acid groups (broad SMARTS) is 1. The molecule has 0 amide bonds. The minimum Gasteiger partial charge on any atom is -0.478 e. The number of nitrogens with two attached hydrogens (primary N) is 1. The van der Waals surface area contributed by atoms with Crippen LogP contribution in [0.1, 0.15) is 34.1 Å². The number of nitrogen functional groups attached to an aromatic ring is 1. The monoisotopic (exact) mass is 396 g/mol. The largest absolute Gasteiger partial charge is 0.478 e. The van der Waals surface area contributed by atoms with E-state index in [9.17, 15) is 9.90 Å². The van der Waals surface area contributed by atoms with E-state index in [4.69, 9.17) is 33.7 Å². The van der Waals surface area contributed by atoms with Crippen molar-refractivity contribution in [2.45, 2.75) is 19.4 Å². The standard InChI is InChI=1S/C17H18Cl2N4O3/c1-9-5-15(22-17(20)21-9)23-3-2-4-26-8-14(23)10-6-13(19)11(16(24)25)7-12(10)18/h5-7,14H,2-4,8H2,1H3,(H,24,25)(H2,20,21,22). The van der Waals surface area contributed by atoms with E-state index in [1.54, 1.807) is 6.07 Å². The number of benzene rings is 1. The lowest BCUT2D eigenvalue weighted by Gasteiger charge is -2.31. The summed E-state index contributed by atoms with van der Waals surface area (Å²) >= 11 is 12.5. The first kappa shape index (κ1) is 18.7. The third-order valence-electron chi connectivity index (χ3n) is 4.17. The van der Waals surface area contributed by atoms with Crippen LogP contribution < -0.4 is 10.6 Å². The van der Waals surface area contributed by atoms with Gasteiger partial charge < -0.3 is 20.5 Å². The fourth-order valence-corrected chi connectivity index (χ4v) is 3.56. The van der Waals surface area contributed by atoms with Gasteiger partial charge in [-0.05, 0) is 31.0 Å². The van der Waals surface area contributed by atoms with E-state index in [1.165, 1.54) is 6.07 Å². The van der Waals surface area contributed by atoms with Gasteiger partial charge in [0.2, 0.25) is 5.95 Å². The number of nitrogens with zero attached hydrogens (tertiary/aromatic N) is 3. The number of anilines is 2. The molecule has 1 aliphatic heterocycles. The van der Waals surface area contributed by atoms with Crippen LogP contribution in [0.25, 0.3) is 0 Å². The van der Waals surface area contributed by atoms with E-state index in [0.717, 1.165) is 12.1 Å². The van der Waals surface area contributed by atoms with Crippen molar-refractivity contribution in [2.75, 3.05) is 30.4 Å². The minimum absolute atomic E-state index is 0.0383. The summed E-state index contributed by atoms with van der Waals surface area (Å²) in [4.78, 5) is 21.8. The molecule has 0 spiro atoms. The second kappa shape index (κ2) is 7.65. The number of aryl methyl sites for hydroxylation is 1. The molecule has 1 saturated heterocycles. The molecular formula is C17H18Cl2N4O3. The van der Waals surface area contributed by atoms with Gasteiger partial charge in [0.1, 0.15) is 5.82 Å². The number of aromatic nitrogens is 2. The lowest BCUT2D eigenvalue weighted by molar-refractivity contribution is 0.0697. The zero-order chi connectivity index (χ0) is 18.8. The van der Waals surface area contributed by atoms with Crippen molar-refractivity contribution < 1.29 is 14.6 Å². The van der Waals surface area contributed by atoms with Crippen molar-refractivity contribution in [3.05, 3.63) is 45.1 Å². The van der Waals surface area contributed by atoms with E-state index in [1.807, 2.05) is 17.9 Å². The highest BCUT2D eigenvalue weighted by Crippen LogP contribution is 2.36. The Balaban J connectivity index is 2.07. The molecule has 0 saturated carbocycles. The summed E-state index contributed by atoms with van der Waals surface area (Å²) in [5, 5.41) is 9.65. The van der Waals surface area contributed by atoms with E-state index < -0.39 is 5.97 Å². The van der Waals surface area contributed by atoms with Crippen molar-refractivity contribution in [3.8, 4) is 0 Å². The average Bonchev–Trinajstić information content (AvgIpc) is 2.81. The second-order valence-electron chi connectivity index (χ2n) is 6.02.